The standard InChI is InChI=1S/C15H18N2O2/c1-4-19-15(18)14-10-13(16-17(14)11(2)3)12-8-6-5-7-9-12/h5-11H,4H2,1-3H3. The van der Waals surface area contributed by atoms with Crippen LogP contribution in [0.5, 0.6) is 0 Å². The SMILES string of the molecule is CCOC(=O)c1cc(-c2ccccc2)nn1C(C)C. The second-order valence-corrected chi connectivity index (χ2v) is 4.54. The number of rotatable bonds is 4. The molecule has 0 amide bonds. The fraction of sp³-hybridized carbons (Fsp3) is 0.333. The van der Waals surface area contributed by atoms with Crippen molar-refractivity contribution in [3.63, 3.8) is 0 Å². The number of carbonyl (C=O) groups excluding carboxylic acids is 1. The first-order chi connectivity index (χ1) is 9.13. The second kappa shape index (κ2) is 5.69. The molecule has 0 bridgehead atoms. The lowest BCUT2D eigenvalue weighted by Crippen LogP contribution is -2.14. The number of carbonyl (C=O) groups is 1. The molecule has 0 atom stereocenters. The molecule has 0 spiro atoms. The Hall–Kier alpha value is -2.10. The quantitative estimate of drug-likeness (QED) is 0.790. The van der Waals surface area contributed by atoms with Crippen LogP contribution < -0.4 is 0 Å². The molecule has 0 saturated heterocycles. The lowest BCUT2D eigenvalue weighted by Gasteiger charge is -2.09. The maximum absolute atomic E-state index is 11.9. The first kappa shape index (κ1) is 13.3. The summed E-state index contributed by atoms with van der Waals surface area (Å²) in [7, 11) is 0. The van der Waals surface area contributed by atoms with Gasteiger partial charge in [0.15, 0.2) is 0 Å². The molecule has 4 nitrogen and oxygen atoms in total. The van der Waals surface area contributed by atoms with Gasteiger partial charge in [-0.1, -0.05) is 30.3 Å². The van der Waals surface area contributed by atoms with Gasteiger partial charge in [-0.05, 0) is 26.8 Å². The van der Waals surface area contributed by atoms with Gasteiger partial charge in [-0.15, -0.1) is 0 Å². The van der Waals surface area contributed by atoms with Crippen LogP contribution in [0.15, 0.2) is 36.4 Å². The molecule has 0 aliphatic rings. The number of benzene rings is 1. The van der Waals surface area contributed by atoms with Crippen molar-refractivity contribution >= 4 is 5.97 Å². The van der Waals surface area contributed by atoms with Crippen LogP contribution in [0.1, 0.15) is 37.3 Å². The predicted octanol–water partition coefficient (Wildman–Crippen LogP) is 3.31. The van der Waals surface area contributed by atoms with E-state index in [2.05, 4.69) is 5.10 Å². The van der Waals surface area contributed by atoms with E-state index in [0.29, 0.717) is 12.3 Å². The molecule has 0 radical (unpaired) electrons. The zero-order chi connectivity index (χ0) is 13.8. The van der Waals surface area contributed by atoms with Crippen LogP contribution in [0.25, 0.3) is 11.3 Å². The number of aromatic nitrogens is 2. The molecule has 100 valence electrons. The normalized spacial score (nSPS) is 10.7. The summed E-state index contributed by atoms with van der Waals surface area (Å²) < 4.78 is 6.78. The molecule has 0 saturated carbocycles. The maximum atomic E-state index is 11.9. The highest BCUT2D eigenvalue weighted by Crippen LogP contribution is 2.21. The van der Waals surface area contributed by atoms with E-state index in [1.165, 1.54) is 0 Å². The van der Waals surface area contributed by atoms with Gasteiger partial charge in [-0.3, -0.25) is 4.68 Å². The molecule has 1 aromatic heterocycles. The van der Waals surface area contributed by atoms with Crippen molar-refractivity contribution in [3.05, 3.63) is 42.1 Å². The molecule has 4 heteroatoms. The van der Waals surface area contributed by atoms with E-state index < -0.39 is 0 Å². The minimum atomic E-state index is -0.328. The Balaban J connectivity index is 2.44. The Morgan fingerprint density at radius 2 is 2.00 bits per heavy atom. The molecule has 2 aromatic rings. The Kier molecular flexibility index (Phi) is 4.00. The third kappa shape index (κ3) is 2.84. The van der Waals surface area contributed by atoms with Gasteiger partial charge in [-0.2, -0.15) is 5.10 Å². The van der Waals surface area contributed by atoms with E-state index in [1.54, 1.807) is 17.7 Å². The second-order valence-electron chi connectivity index (χ2n) is 4.54. The van der Waals surface area contributed by atoms with Crippen LogP contribution in [-0.4, -0.2) is 22.4 Å². The smallest absolute Gasteiger partial charge is 0.356 e. The number of esters is 1. The topological polar surface area (TPSA) is 44.1 Å². The summed E-state index contributed by atoms with van der Waals surface area (Å²) in [6.07, 6.45) is 0. The summed E-state index contributed by atoms with van der Waals surface area (Å²) in [5.41, 5.74) is 2.28. The zero-order valence-corrected chi connectivity index (χ0v) is 11.5. The minimum absolute atomic E-state index is 0.108. The summed E-state index contributed by atoms with van der Waals surface area (Å²) in [5.74, 6) is -0.328. The predicted molar refractivity (Wildman–Crippen MR) is 74.0 cm³/mol. The van der Waals surface area contributed by atoms with Gasteiger partial charge < -0.3 is 4.74 Å². The highest BCUT2D eigenvalue weighted by atomic mass is 16.5. The molecule has 0 aliphatic heterocycles. The fourth-order valence-electron chi connectivity index (χ4n) is 1.90. The Morgan fingerprint density at radius 1 is 1.32 bits per heavy atom. The van der Waals surface area contributed by atoms with Crippen LogP contribution in [0.2, 0.25) is 0 Å². The molecule has 1 aromatic carbocycles. The van der Waals surface area contributed by atoms with Crippen LogP contribution in [0.4, 0.5) is 0 Å². The highest BCUT2D eigenvalue weighted by Gasteiger charge is 2.18. The third-order valence-corrected chi connectivity index (χ3v) is 2.78. The molecule has 1 heterocycles. The Labute approximate surface area is 113 Å². The van der Waals surface area contributed by atoms with Crippen molar-refractivity contribution in [2.75, 3.05) is 6.61 Å². The summed E-state index contributed by atoms with van der Waals surface area (Å²) in [6.45, 7) is 6.14. The first-order valence-corrected chi connectivity index (χ1v) is 6.45. The van der Waals surface area contributed by atoms with Crippen molar-refractivity contribution in [2.45, 2.75) is 26.8 Å². The minimum Gasteiger partial charge on any atom is -0.461 e. The molecule has 2 rings (SSSR count). The van der Waals surface area contributed by atoms with Crippen LogP contribution in [0.3, 0.4) is 0 Å². The van der Waals surface area contributed by atoms with Gasteiger partial charge in [0.1, 0.15) is 5.69 Å². The van der Waals surface area contributed by atoms with Crippen LogP contribution in [-0.2, 0) is 4.74 Å². The number of nitrogens with zero attached hydrogens (tertiary/aromatic N) is 2. The molecule has 0 N–H and O–H groups in total. The summed E-state index contributed by atoms with van der Waals surface area (Å²) in [4.78, 5) is 11.9. The highest BCUT2D eigenvalue weighted by molar-refractivity contribution is 5.89. The average molecular weight is 258 g/mol. The van der Waals surface area contributed by atoms with Gasteiger partial charge in [0.25, 0.3) is 0 Å². The molecule has 19 heavy (non-hydrogen) atoms. The number of ether oxygens (including phenoxy) is 1. The Morgan fingerprint density at radius 3 is 2.58 bits per heavy atom. The monoisotopic (exact) mass is 258 g/mol. The van der Waals surface area contributed by atoms with E-state index in [1.807, 2.05) is 44.2 Å². The van der Waals surface area contributed by atoms with E-state index >= 15 is 0 Å². The lowest BCUT2D eigenvalue weighted by molar-refractivity contribution is 0.0510. The van der Waals surface area contributed by atoms with Crippen LogP contribution >= 0.6 is 0 Å². The van der Waals surface area contributed by atoms with Crippen molar-refractivity contribution < 1.29 is 9.53 Å². The fourth-order valence-corrected chi connectivity index (χ4v) is 1.90. The third-order valence-electron chi connectivity index (χ3n) is 2.78. The average Bonchev–Trinajstić information content (AvgIpc) is 2.85. The van der Waals surface area contributed by atoms with Crippen molar-refractivity contribution in [1.82, 2.24) is 9.78 Å². The molecule has 0 unspecified atom stereocenters. The molecule has 0 aliphatic carbocycles. The van der Waals surface area contributed by atoms with E-state index in [0.717, 1.165) is 11.3 Å². The van der Waals surface area contributed by atoms with Gasteiger partial charge >= 0.3 is 5.97 Å². The summed E-state index contributed by atoms with van der Waals surface area (Å²) in [6, 6.07) is 11.7. The molecule has 0 fully saturated rings. The maximum Gasteiger partial charge on any atom is 0.356 e. The van der Waals surface area contributed by atoms with E-state index in [-0.39, 0.29) is 12.0 Å². The van der Waals surface area contributed by atoms with Crippen molar-refractivity contribution in [3.8, 4) is 11.3 Å². The van der Waals surface area contributed by atoms with Gasteiger partial charge in [-0.25, -0.2) is 4.79 Å². The lowest BCUT2D eigenvalue weighted by atomic mass is 10.1. The number of hydrogen-bond acceptors (Lipinski definition) is 3. The van der Waals surface area contributed by atoms with Gasteiger partial charge in [0, 0.05) is 11.6 Å². The summed E-state index contributed by atoms with van der Waals surface area (Å²) >= 11 is 0. The van der Waals surface area contributed by atoms with Gasteiger partial charge in [0.05, 0.1) is 12.3 Å². The van der Waals surface area contributed by atoms with Crippen molar-refractivity contribution in [1.29, 1.82) is 0 Å². The molecular formula is C15H18N2O2. The van der Waals surface area contributed by atoms with Gasteiger partial charge in [0.2, 0.25) is 0 Å². The van der Waals surface area contributed by atoms with E-state index in [4.69, 9.17) is 4.74 Å². The summed E-state index contributed by atoms with van der Waals surface area (Å²) in [5, 5.41) is 4.50. The van der Waals surface area contributed by atoms with E-state index in [9.17, 15) is 4.79 Å². The Bertz CT molecular complexity index is 559. The first-order valence-electron chi connectivity index (χ1n) is 6.45. The largest absolute Gasteiger partial charge is 0.461 e. The number of hydrogen-bond donors (Lipinski definition) is 0. The molecular weight excluding hydrogens is 240 g/mol. The van der Waals surface area contributed by atoms with Crippen molar-refractivity contribution in [2.24, 2.45) is 0 Å². The zero-order valence-electron chi connectivity index (χ0n) is 11.5. The van der Waals surface area contributed by atoms with Crippen LogP contribution in [0, 0.1) is 0 Å².